The van der Waals surface area contributed by atoms with Gasteiger partial charge in [0.05, 0.1) is 15.8 Å². The molecule has 0 saturated carbocycles. The van der Waals surface area contributed by atoms with Gasteiger partial charge in [0.1, 0.15) is 24.7 Å². The lowest BCUT2D eigenvalue weighted by Gasteiger charge is -2.25. The molecule has 3 aromatic carbocycles. The molecular formula is C34H28N2O7S. The fourth-order valence-corrected chi connectivity index (χ4v) is 6.02. The van der Waals surface area contributed by atoms with E-state index >= 15 is 0 Å². The highest BCUT2D eigenvalue weighted by molar-refractivity contribution is 7.07. The van der Waals surface area contributed by atoms with Gasteiger partial charge in [0.25, 0.3) is 5.56 Å². The van der Waals surface area contributed by atoms with Crippen molar-refractivity contribution >= 4 is 29.4 Å². The van der Waals surface area contributed by atoms with Crippen LogP contribution in [0.4, 0.5) is 0 Å². The summed E-state index contributed by atoms with van der Waals surface area (Å²) < 4.78 is 24.8. The molecule has 0 spiro atoms. The third kappa shape index (κ3) is 6.25. The topological polar surface area (TPSA) is 105 Å². The minimum atomic E-state index is -0.941. The number of carbonyl (C=O) groups is 2. The second kappa shape index (κ2) is 12.6. The standard InChI is InChI=1S/C34H28N2O7S/c1-21-30(33(39)41-19-25-11-7-4-8-12-25)31(27-20-40-29(43-27)18-23-9-5-3-6-10-23)36-32(38)28(44-34(36)35-21)17-24-13-15-26(16-14-24)42-22(2)37/h3-17,20,29,31H,18-19H2,1-2H3. The molecule has 3 heterocycles. The number of aromatic nitrogens is 1. The molecule has 6 rings (SSSR count). The van der Waals surface area contributed by atoms with E-state index in [0.717, 1.165) is 16.7 Å². The van der Waals surface area contributed by atoms with Crippen molar-refractivity contribution in [2.24, 2.45) is 4.99 Å². The summed E-state index contributed by atoms with van der Waals surface area (Å²) in [4.78, 5) is 43.9. The van der Waals surface area contributed by atoms with Crippen molar-refractivity contribution in [3.8, 4) is 5.75 Å². The summed E-state index contributed by atoms with van der Waals surface area (Å²) in [6.07, 6.45) is 3.03. The van der Waals surface area contributed by atoms with Crippen LogP contribution in [0.2, 0.25) is 0 Å². The zero-order valence-corrected chi connectivity index (χ0v) is 24.8. The third-order valence-corrected chi connectivity index (χ3v) is 7.99. The van der Waals surface area contributed by atoms with Gasteiger partial charge >= 0.3 is 11.9 Å². The molecule has 0 aliphatic carbocycles. The summed E-state index contributed by atoms with van der Waals surface area (Å²) >= 11 is 1.20. The summed E-state index contributed by atoms with van der Waals surface area (Å²) in [6.45, 7) is 3.11. The number of benzene rings is 3. The molecule has 0 saturated heterocycles. The lowest BCUT2D eigenvalue weighted by atomic mass is 10.0. The molecule has 0 amide bonds. The highest BCUT2D eigenvalue weighted by Crippen LogP contribution is 2.35. The van der Waals surface area contributed by atoms with Crippen LogP contribution in [-0.2, 0) is 36.8 Å². The quantitative estimate of drug-likeness (QED) is 0.217. The fourth-order valence-electron chi connectivity index (χ4n) is 4.98. The minimum absolute atomic E-state index is 0.0595. The summed E-state index contributed by atoms with van der Waals surface area (Å²) in [5.41, 5.74) is 2.84. The Bertz CT molecular complexity index is 1940. The van der Waals surface area contributed by atoms with Gasteiger partial charge in [-0.3, -0.25) is 14.2 Å². The Morgan fingerprint density at radius 3 is 2.34 bits per heavy atom. The zero-order valence-electron chi connectivity index (χ0n) is 24.0. The Labute approximate surface area is 256 Å². The lowest BCUT2D eigenvalue weighted by Crippen LogP contribution is -2.40. The number of ether oxygens (including phenoxy) is 4. The van der Waals surface area contributed by atoms with Gasteiger partial charge in [0.2, 0.25) is 6.29 Å². The molecule has 0 N–H and O–H groups in total. The fraction of sp³-hybridized carbons (Fsp3) is 0.176. The molecule has 2 aliphatic rings. The molecule has 9 nitrogen and oxygen atoms in total. The number of nitrogens with zero attached hydrogens (tertiary/aromatic N) is 2. The number of fused-ring (bicyclic) bond motifs is 1. The van der Waals surface area contributed by atoms with Crippen LogP contribution in [-0.4, -0.2) is 22.8 Å². The van der Waals surface area contributed by atoms with Crippen molar-refractivity contribution in [2.75, 3.05) is 0 Å². The lowest BCUT2D eigenvalue weighted by molar-refractivity contribution is -0.141. The predicted molar refractivity (Wildman–Crippen MR) is 163 cm³/mol. The largest absolute Gasteiger partial charge is 0.459 e. The molecule has 0 fully saturated rings. The molecule has 10 heteroatoms. The van der Waals surface area contributed by atoms with Crippen LogP contribution in [0.25, 0.3) is 6.08 Å². The monoisotopic (exact) mass is 608 g/mol. The molecule has 44 heavy (non-hydrogen) atoms. The Hall–Kier alpha value is -5.22. The van der Waals surface area contributed by atoms with Crippen LogP contribution in [0.1, 0.15) is 36.6 Å². The van der Waals surface area contributed by atoms with Gasteiger partial charge in [-0.05, 0) is 41.8 Å². The first kappa shape index (κ1) is 28.9. The SMILES string of the molecule is CC(=O)Oc1ccc(C=c2sc3n(c2=O)C(C2=COC(Cc4ccccc4)O2)C(C(=O)OCc2ccccc2)=C(C)N=3)cc1. The molecule has 2 atom stereocenters. The number of hydrogen-bond acceptors (Lipinski definition) is 9. The highest BCUT2D eigenvalue weighted by Gasteiger charge is 2.39. The maximum absolute atomic E-state index is 13.9. The zero-order chi connectivity index (χ0) is 30.6. The van der Waals surface area contributed by atoms with Crippen LogP contribution < -0.4 is 19.6 Å². The van der Waals surface area contributed by atoms with Crippen LogP contribution >= 0.6 is 11.3 Å². The van der Waals surface area contributed by atoms with Crippen molar-refractivity contribution in [2.45, 2.75) is 39.2 Å². The molecular weight excluding hydrogens is 580 g/mol. The summed E-state index contributed by atoms with van der Waals surface area (Å²) in [7, 11) is 0. The minimum Gasteiger partial charge on any atom is -0.459 e. The maximum atomic E-state index is 13.9. The van der Waals surface area contributed by atoms with E-state index in [1.807, 2.05) is 60.7 Å². The summed E-state index contributed by atoms with van der Waals surface area (Å²) in [5.74, 6) is -0.310. The van der Waals surface area contributed by atoms with E-state index in [1.165, 1.54) is 29.1 Å². The van der Waals surface area contributed by atoms with Crippen LogP contribution in [0.3, 0.4) is 0 Å². The van der Waals surface area contributed by atoms with Crippen molar-refractivity contribution < 1.29 is 28.5 Å². The van der Waals surface area contributed by atoms with E-state index in [1.54, 1.807) is 37.3 Å². The molecule has 222 valence electrons. The number of rotatable bonds is 8. The molecule has 0 radical (unpaired) electrons. The number of thiazole rings is 1. The molecule has 2 aliphatic heterocycles. The second-order valence-corrected chi connectivity index (χ2v) is 11.2. The second-order valence-electron chi connectivity index (χ2n) is 10.2. The number of esters is 2. The van der Waals surface area contributed by atoms with Crippen molar-refractivity contribution in [1.82, 2.24) is 4.57 Å². The van der Waals surface area contributed by atoms with E-state index in [9.17, 15) is 14.4 Å². The van der Waals surface area contributed by atoms with Crippen molar-refractivity contribution in [1.29, 1.82) is 0 Å². The van der Waals surface area contributed by atoms with Crippen LogP contribution in [0.15, 0.2) is 118 Å². The van der Waals surface area contributed by atoms with Crippen LogP contribution in [0, 0.1) is 0 Å². The van der Waals surface area contributed by atoms with Crippen LogP contribution in [0.5, 0.6) is 5.75 Å². The Kier molecular flexibility index (Phi) is 8.25. The summed E-state index contributed by atoms with van der Waals surface area (Å²) in [6, 6.07) is 25.0. The Morgan fingerprint density at radius 1 is 0.977 bits per heavy atom. The Morgan fingerprint density at radius 2 is 1.66 bits per heavy atom. The Balaban J connectivity index is 1.35. The average molecular weight is 609 g/mol. The van der Waals surface area contributed by atoms with Gasteiger partial charge in [0.15, 0.2) is 10.6 Å². The smallest absolute Gasteiger partial charge is 0.338 e. The normalized spacial score (nSPS) is 17.6. The van der Waals surface area contributed by atoms with Gasteiger partial charge in [-0.15, -0.1) is 0 Å². The maximum Gasteiger partial charge on any atom is 0.338 e. The van der Waals surface area contributed by atoms with E-state index in [2.05, 4.69) is 4.99 Å². The van der Waals surface area contributed by atoms with E-state index < -0.39 is 24.3 Å². The first-order chi connectivity index (χ1) is 21.4. The molecule has 0 bridgehead atoms. The highest BCUT2D eigenvalue weighted by atomic mass is 32.1. The van der Waals surface area contributed by atoms with E-state index in [0.29, 0.717) is 33.0 Å². The molecule has 1 aromatic heterocycles. The van der Waals surface area contributed by atoms with Gasteiger partial charge < -0.3 is 18.9 Å². The number of hydrogen-bond donors (Lipinski definition) is 0. The average Bonchev–Trinajstić information content (AvgIpc) is 3.60. The van der Waals surface area contributed by atoms with Crippen molar-refractivity contribution in [3.63, 3.8) is 0 Å². The predicted octanol–water partition coefficient (Wildman–Crippen LogP) is 4.31. The number of carbonyl (C=O) groups excluding carboxylic acids is 2. The first-order valence-electron chi connectivity index (χ1n) is 13.9. The van der Waals surface area contributed by atoms with Gasteiger partial charge in [0, 0.05) is 13.3 Å². The van der Waals surface area contributed by atoms with Gasteiger partial charge in [-0.2, -0.15) is 0 Å². The summed E-state index contributed by atoms with van der Waals surface area (Å²) in [5, 5.41) is 0. The first-order valence-corrected chi connectivity index (χ1v) is 14.8. The van der Waals surface area contributed by atoms with Gasteiger partial charge in [-0.1, -0.05) is 84.1 Å². The third-order valence-electron chi connectivity index (χ3n) is 7.01. The molecule has 4 aromatic rings. The molecule has 2 unspecified atom stereocenters. The van der Waals surface area contributed by atoms with Crippen molar-refractivity contribution in [3.05, 3.63) is 145 Å². The van der Waals surface area contributed by atoms with E-state index in [-0.39, 0.29) is 17.7 Å². The number of allylic oxidation sites excluding steroid dienone is 2. The van der Waals surface area contributed by atoms with E-state index in [4.69, 9.17) is 18.9 Å². The van der Waals surface area contributed by atoms with Gasteiger partial charge in [-0.25, -0.2) is 9.79 Å².